The molecule has 0 saturated carbocycles. The van der Waals surface area contributed by atoms with Crippen molar-refractivity contribution in [2.24, 2.45) is 5.92 Å². The molecule has 0 unspecified atom stereocenters. The molecule has 1 aromatic carbocycles. The molecule has 5 aromatic rings. The minimum absolute atomic E-state index is 0.351. The Hall–Kier alpha value is -3.93. The van der Waals surface area contributed by atoms with Gasteiger partial charge in [0.2, 0.25) is 0 Å². The van der Waals surface area contributed by atoms with Gasteiger partial charge in [0.1, 0.15) is 5.69 Å². The molecule has 0 aliphatic carbocycles. The average Bonchev–Trinajstić information content (AvgIpc) is 3.37. The van der Waals surface area contributed by atoms with E-state index in [-0.39, 0.29) is 0 Å². The van der Waals surface area contributed by atoms with Gasteiger partial charge >= 0.3 is 0 Å². The third-order valence-electron chi connectivity index (χ3n) is 5.28. The summed E-state index contributed by atoms with van der Waals surface area (Å²) < 4.78 is 0. The van der Waals surface area contributed by atoms with E-state index in [9.17, 15) is 0 Å². The average molecular weight is 394 g/mol. The minimum Gasteiger partial charge on any atom is -0.358 e. The van der Waals surface area contributed by atoms with Crippen LogP contribution in [0.15, 0.2) is 73.3 Å². The fourth-order valence-electron chi connectivity index (χ4n) is 3.48. The monoisotopic (exact) mass is 394 g/mol. The number of anilines is 1. The van der Waals surface area contributed by atoms with E-state index in [1.165, 1.54) is 0 Å². The molecule has 6 nitrogen and oxygen atoms in total. The van der Waals surface area contributed by atoms with Crippen LogP contribution in [0.5, 0.6) is 0 Å². The summed E-state index contributed by atoms with van der Waals surface area (Å²) in [5, 5.41) is 12.1. The van der Waals surface area contributed by atoms with Crippen LogP contribution in [-0.4, -0.2) is 25.1 Å². The Kier molecular flexibility index (Phi) is 4.32. The summed E-state index contributed by atoms with van der Waals surface area (Å²) in [4.78, 5) is 12.2. The Morgan fingerprint density at radius 2 is 1.93 bits per heavy atom. The lowest BCUT2D eigenvalue weighted by atomic mass is 10.0. The topological polar surface area (TPSA) is 82.3 Å². The van der Waals surface area contributed by atoms with Crippen molar-refractivity contribution in [3.63, 3.8) is 0 Å². The Morgan fingerprint density at radius 1 is 1.03 bits per heavy atom. The summed E-state index contributed by atoms with van der Waals surface area (Å²) in [6.45, 7) is 8.31. The van der Waals surface area contributed by atoms with Crippen LogP contribution in [0.25, 0.3) is 44.5 Å². The van der Waals surface area contributed by atoms with Gasteiger partial charge in [-0.25, -0.2) is 0 Å². The molecule has 6 heteroatoms. The van der Waals surface area contributed by atoms with Crippen LogP contribution >= 0.6 is 0 Å². The molecule has 5 rings (SSSR count). The van der Waals surface area contributed by atoms with Crippen LogP contribution in [0.4, 0.5) is 5.69 Å². The summed E-state index contributed by atoms with van der Waals surface area (Å²) in [6.07, 6.45) is 5.48. The van der Waals surface area contributed by atoms with Crippen LogP contribution < -0.4 is 5.32 Å². The SMILES string of the molecule is C=C(Nc1cncc(-c2ccc3[nH]nc(-c4cc5ncccc5[nH]4)c3c2)c1)C(C)C. The third-order valence-corrected chi connectivity index (χ3v) is 5.28. The minimum atomic E-state index is 0.351. The molecule has 4 aromatic heterocycles. The maximum atomic E-state index is 4.55. The molecule has 0 atom stereocenters. The van der Waals surface area contributed by atoms with Crippen molar-refractivity contribution in [2.75, 3.05) is 5.32 Å². The van der Waals surface area contributed by atoms with Gasteiger partial charge in [-0.05, 0) is 47.9 Å². The molecule has 0 fully saturated rings. The number of allylic oxidation sites excluding steroid dienone is 1. The number of hydrogen-bond acceptors (Lipinski definition) is 4. The maximum absolute atomic E-state index is 4.55. The number of nitrogens with zero attached hydrogens (tertiary/aromatic N) is 3. The van der Waals surface area contributed by atoms with Crippen molar-refractivity contribution in [1.29, 1.82) is 0 Å². The van der Waals surface area contributed by atoms with Crippen LogP contribution in [0, 0.1) is 5.92 Å². The number of pyridine rings is 2. The van der Waals surface area contributed by atoms with Crippen LogP contribution in [-0.2, 0) is 0 Å². The third kappa shape index (κ3) is 3.22. The smallest absolute Gasteiger partial charge is 0.116 e. The number of hydrogen-bond donors (Lipinski definition) is 3. The molecule has 0 spiro atoms. The van der Waals surface area contributed by atoms with E-state index < -0.39 is 0 Å². The molecule has 148 valence electrons. The highest BCUT2D eigenvalue weighted by molar-refractivity contribution is 5.97. The fourth-order valence-corrected chi connectivity index (χ4v) is 3.48. The van der Waals surface area contributed by atoms with Gasteiger partial charge < -0.3 is 10.3 Å². The number of nitrogens with one attached hydrogen (secondary N) is 3. The lowest BCUT2D eigenvalue weighted by Crippen LogP contribution is -2.04. The number of H-pyrrole nitrogens is 2. The van der Waals surface area contributed by atoms with Gasteiger partial charge in [0.05, 0.1) is 34.1 Å². The molecule has 3 N–H and O–H groups in total. The first-order valence-electron chi connectivity index (χ1n) is 9.92. The summed E-state index contributed by atoms with van der Waals surface area (Å²) in [5.74, 6) is 0.351. The Bertz CT molecular complexity index is 1340. The van der Waals surface area contributed by atoms with Gasteiger partial charge in [0.25, 0.3) is 0 Å². The fraction of sp³-hybridized carbons (Fsp3) is 0.125. The highest BCUT2D eigenvalue weighted by Gasteiger charge is 2.13. The van der Waals surface area contributed by atoms with Crippen molar-refractivity contribution >= 4 is 27.6 Å². The standard InChI is InChI=1S/C24H22N6/c1-14(2)15(3)27-18-9-17(12-25-13-18)16-6-7-20-19(10-16)24(30-29-20)23-11-22-21(28-23)5-4-8-26-22/h4-14,27-28H,3H2,1-2H3,(H,29,30). The van der Waals surface area contributed by atoms with E-state index in [2.05, 4.69) is 75.2 Å². The number of rotatable bonds is 5. The number of aromatic amines is 2. The van der Waals surface area contributed by atoms with Crippen molar-refractivity contribution in [2.45, 2.75) is 13.8 Å². The predicted octanol–water partition coefficient (Wildman–Crippen LogP) is 5.75. The zero-order valence-corrected chi connectivity index (χ0v) is 16.9. The second kappa shape index (κ2) is 7.15. The maximum Gasteiger partial charge on any atom is 0.116 e. The van der Waals surface area contributed by atoms with Crippen LogP contribution in [0.2, 0.25) is 0 Å². The molecular weight excluding hydrogens is 372 g/mol. The van der Waals surface area contributed by atoms with E-state index in [4.69, 9.17) is 0 Å². The normalized spacial score (nSPS) is 11.4. The van der Waals surface area contributed by atoms with E-state index in [0.717, 1.165) is 55.8 Å². The number of fused-ring (bicyclic) bond motifs is 2. The highest BCUT2D eigenvalue weighted by atomic mass is 15.1. The molecule has 0 bridgehead atoms. The van der Waals surface area contributed by atoms with Gasteiger partial charge in [0, 0.05) is 29.0 Å². The Balaban J connectivity index is 1.55. The Morgan fingerprint density at radius 3 is 2.77 bits per heavy atom. The van der Waals surface area contributed by atoms with E-state index in [1.54, 1.807) is 6.20 Å². The zero-order valence-electron chi connectivity index (χ0n) is 16.9. The first kappa shape index (κ1) is 18.1. The van der Waals surface area contributed by atoms with Gasteiger partial charge in [-0.15, -0.1) is 0 Å². The molecule has 0 radical (unpaired) electrons. The largest absolute Gasteiger partial charge is 0.358 e. The number of aromatic nitrogens is 5. The molecule has 0 aliphatic rings. The predicted molar refractivity (Wildman–Crippen MR) is 122 cm³/mol. The van der Waals surface area contributed by atoms with Gasteiger partial charge in [0.15, 0.2) is 0 Å². The zero-order chi connectivity index (χ0) is 20.7. The molecule has 0 saturated heterocycles. The lowest BCUT2D eigenvalue weighted by Gasteiger charge is -2.13. The summed E-state index contributed by atoms with van der Waals surface area (Å²) in [7, 11) is 0. The molecule has 0 aliphatic heterocycles. The van der Waals surface area contributed by atoms with E-state index >= 15 is 0 Å². The highest BCUT2D eigenvalue weighted by Crippen LogP contribution is 2.32. The summed E-state index contributed by atoms with van der Waals surface area (Å²) in [5.41, 5.74) is 8.72. The Labute approximate surface area is 174 Å². The first-order chi connectivity index (χ1) is 14.6. The molecule has 4 heterocycles. The van der Waals surface area contributed by atoms with E-state index in [1.807, 2.05) is 30.6 Å². The van der Waals surface area contributed by atoms with Crippen LogP contribution in [0.1, 0.15) is 13.8 Å². The number of benzene rings is 1. The van der Waals surface area contributed by atoms with Crippen molar-refractivity contribution in [3.05, 3.63) is 73.3 Å². The van der Waals surface area contributed by atoms with Gasteiger partial charge in [-0.1, -0.05) is 26.5 Å². The molecule has 0 amide bonds. The van der Waals surface area contributed by atoms with Crippen LogP contribution in [0.3, 0.4) is 0 Å². The van der Waals surface area contributed by atoms with E-state index in [0.29, 0.717) is 5.92 Å². The van der Waals surface area contributed by atoms with Crippen molar-refractivity contribution in [3.8, 4) is 22.5 Å². The quantitative estimate of drug-likeness (QED) is 0.354. The van der Waals surface area contributed by atoms with Gasteiger partial charge in [-0.3, -0.25) is 15.1 Å². The first-order valence-corrected chi connectivity index (χ1v) is 9.92. The van der Waals surface area contributed by atoms with Crippen molar-refractivity contribution < 1.29 is 0 Å². The van der Waals surface area contributed by atoms with Crippen molar-refractivity contribution in [1.82, 2.24) is 25.1 Å². The second-order valence-electron chi connectivity index (χ2n) is 7.72. The summed E-state index contributed by atoms with van der Waals surface area (Å²) in [6, 6.07) is 14.3. The molecule has 30 heavy (non-hydrogen) atoms. The molecular formula is C24H22N6. The summed E-state index contributed by atoms with van der Waals surface area (Å²) >= 11 is 0. The lowest BCUT2D eigenvalue weighted by molar-refractivity contribution is 0.778. The second-order valence-corrected chi connectivity index (χ2v) is 7.72. The van der Waals surface area contributed by atoms with Gasteiger partial charge in [-0.2, -0.15) is 5.10 Å².